The summed E-state index contributed by atoms with van der Waals surface area (Å²) in [5.74, 6) is 0.107. The first kappa shape index (κ1) is 21.4. The van der Waals surface area contributed by atoms with Crippen molar-refractivity contribution >= 4 is 17.7 Å². The number of azide groups is 1. The zero-order valence-electron chi connectivity index (χ0n) is 16.1. The maximum atomic E-state index is 12.5. The number of ether oxygens (including phenoxy) is 2. The van der Waals surface area contributed by atoms with Crippen molar-refractivity contribution in [1.82, 2.24) is 4.90 Å². The molecule has 7 nitrogen and oxygen atoms in total. The molecule has 0 bridgehead atoms. The van der Waals surface area contributed by atoms with Gasteiger partial charge in [0.2, 0.25) is 0 Å². The molecule has 0 saturated carbocycles. The second-order valence-electron chi connectivity index (χ2n) is 7.63. The molecule has 2 atom stereocenters. The third kappa shape index (κ3) is 6.94. The highest BCUT2D eigenvalue weighted by molar-refractivity contribution is 6.30. The predicted octanol–water partition coefficient (Wildman–Crippen LogP) is 5.36. The topological polar surface area (TPSA) is 87.5 Å². The number of hydrogen-bond acceptors (Lipinski definition) is 4. The number of halogens is 1. The van der Waals surface area contributed by atoms with Crippen molar-refractivity contribution in [3.8, 4) is 0 Å². The van der Waals surface area contributed by atoms with E-state index in [4.69, 9.17) is 26.6 Å². The summed E-state index contributed by atoms with van der Waals surface area (Å²) in [6.07, 6.45) is 1.27. The van der Waals surface area contributed by atoms with Crippen LogP contribution >= 0.6 is 11.6 Å². The Kier molecular flexibility index (Phi) is 7.78. The molecule has 0 unspecified atom stereocenters. The first-order valence-corrected chi connectivity index (χ1v) is 9.54. The lowest BCUT2D eigenvalue weighted by molar-refractivity contribution is -0.0233. The van der Waals surface area contributed by atoms with Gasteiger partial charge in [-0.05, 0) is 56.8 Å². The van der Waals surface area contributed by atoms with E-state index >= 15 is 0 Å². The van der Waals surface area contributed by atoms with Gasteiger partial charge in [-0.25, -0.2) is 4.79 Å². The molecule has 1 aliphatic heterocycles. The third-order valence-electron chi connectivity index (χ3n) is 4.27. The normalized spacial score (nSPS) is 18.5. The van der Waals surface area contributed by atoms with Crippen LogP contribution in [-0.4, -0.2) is 42.8 Å². The molecule has 8 heteroatoms. The number of carbonyl (C=O) groups is 1. The first-order chi connectivity index (χ1) is 12.8. The average Bonchev–Trinajstić information content (AvgIpc) is 2.60. The standard InChI is InChI=1S/C19H27ClN4O3/c1-19(2,3)27-18(25)24-10-5-7-15(13-24)17(26-11-9-22-23-21)14-6-4-8-16(20)12-14/h4,6,8,12,15,17H,5,7,9-11,13H2,1-3H3/t15-,17+/m1/s1. The van der Waals surface area contributed by atoms with Gasteiger partial charge in [0.1, 0.15) is 5.60 Å². The second-order valence-corrected chi connectivity index (χ2v) is 8.07. The van der Waals surface area contributed by atoms with Crippen LogP contribution in [0.15, 0.2) is 29.4 Å². The first-order valence-electron chi connectivity index (χ1n) is 9.16. The Bertz CT molecular complexity index is 686. The molecule has 1 aromatic carbocycles. The lowest BCUT2D eigenvalue weighted by Gasteiger charge is -2.37. The highest BCUT2D eigenvalue weighted by Gasteiger charge is 2.33. The number of hydrogen-bond donors (Lipinski definition) is 0. The minimum atomic E-state index is -0.526. The van der Waals surface area contributed by atoms with Crippen LogP contribution in [-0.2, 0) is 9.47 Å². The Hall–Kier alpha value is -1.95. The number of benzene rings is 1. The van der Waals surface area contributed by atoms with E-state index in [1.807, 2.05) is 45.0 Å². The Morgan fingerprint density at radius 2 is 2.26 bits per heavy atom. The van der Waals surface area contributed by atoms with Gasteiger partial charge in [0.05, 0.1) is 12.7 Å². The molecule has 1 aromatic rings. The van der Waals surface area contributed by atoms with Gasteiger partial charge in [0, 0.05) is 35.5 Å². The molecule has 0 radical (unpaired) electrons. The summed E-state index contributed by atoms with van der Waals surface area (Å²) in [5.41, 5.74) is 8.88. The van der Waals surface area contributed by atoms with Crippen molar-refractivity contribution in [2.24, 2.45) is 11.0 Å². The van der Waals surface area contributed by atoms with Crippen molar-refractivity contribution in [3.63, 3.8) is 0 Å². The quantitative estimate of drug-likeness (QED) is 0.282. The fourth-order valence-corrected chi connectivity index (χ4v) is 3.40. The predicted molar refractivity (Wildman–Crippen MR) is 105 cm³/mol. The Balaban J connectivity index is 2.13. The van der Waals surface area contributed by atoms with E-state index in [0.29, 0.717) is 24.7 Å². The molecule has 148 valence electrons. The molecule has 1 heterocycles. The molecular formula is C19H27ClN4O3. The number of rotatable bonds is 6. The number of piperidine rings is 1. The molecule has 0 spiro atoms. The van der Waals surface area contributed by atoms with Gasteiger partial charge in [-0.15, -0.1) is 0 Å². The van der Waals surface area contributed by atoms with Gasteiger partial charge in [-0.2, -0.15) is 0 Å². The van der Waals surface area contributed by atoms with Crippen molar-refractivity contribution in [1.29, 1.82) is 0 Å². The van der Waals surface area contributed by atoms with Crippen LogP contribution in [0.3, 0.4) is 0 Å². The van der Waals surface area contributed by atoms with E-state index in [1.54, 1.807) is 4.90 Å². The van der Waals surface area contributed by atoms with Crippen molar-refractivity contribution in [2.45, 2.75) is 45.3 Å². The van der Waals surface area contributed by atoms with Crippen LogP contribution in [0.1, 0.15) is 45.3 Å². The maximum absolute atomic E-state index is 12.5. The highest BCUT2D eigenvalue weighted by Crippen LogP contribution is 2.34. The van der Waals surface area contributed by atoms with E-state index in [9.17, 15) is 4.79 Å². The molecule has 1 saturated heterocycles. The van der Waals surface area contributed by atoms with E-state index in [0.717, 1.165) is 18.4 Å². The molecule has 0 N–H and O–H groups in total. The van der Waals surface area contributed by atoms with Gasteiger partial charge in [0.25, 0.3) is 0 Å². The van der Waals surface area contributed by atoms with E-state index < -0.39 is 5.60 Å². The summed E-state index contributed by atoms with van der Waals surface area (Å²) in [4.78, 5) is 17.0. The Morgan fingerprint density at radius 1 is 1.48 bits per heavy atom. The lowest BCUT2D eigenvalue weighted by Crippen LogP contribution is -2.44. The fourth-order valence-electron chi connectivity index (χ4n) is 3.20. The maximum Gasteiger partial charge on any atom is 0.410 e. The Labute approximate surface area is 165 Å². The van der Waals surface area contributed by atoms with Gasteiger partial charge in [-0.1, -0.05) is 28.8 Å². The molecule has 1 aliphatic rings. The Morgan fingerprint density at radius 3 is 2.93 bits per heavy atom. The SMILES string of the molecule is CC(C)(C)OC(=O)N1CCC[C@@H]([C@@H](OCCN=[N+]=[N-])c2cccc(Cl)c2)C1. The fraction of sp³-hybridized carbons (Fsp3) is 0.632. The van der Waals surface area contributed by atoms with Crippen LogP contribution in [0.2, 0.25) is 5.02 Å². The third-order valence-corrected chi connectivity index (χ3v) is 4.50. The zero-order valence-corrected chi connectivity index (χ0v) is 16.9. The monoisotopic (exact) mass is 394 g/mol. The van der Waals surface area contributed by atoms with Crippen molar-refractivity contribution in [2.75, 3.05) is 26.2 Å². The van der Waals surface area contributed by atoms with E-state index in [2.05, 4.69) is 10.0 Å². The van der Waals surface area contributed by atoms with E-state index in [1.165, 1.54) is 0 Å². The second kappa shape index (κ2) is 9.83. The summed E-state index contributed by atoms with van der Waals surface area (Å²) >= 11 is 6.16. The smallest absolute Gasteiger partial charge is 0.410 e. The van der Waals surface area contributed by atoms with Crippen LogP contribution in [0.4, 0.5) is 4.79 Å². The van der Waals surface area contributed by atoms with Gasteiger partial charge < -0.3 is 14.4 Å². The van der Waals surface area contributed by atoms with Crippen LogP contribution < -0.4 is 0 Å². The summed E-state index contributed by atoms with van der Waals surface area (Å²) in [6, 6.07) is 7.55. The molecule has 0 aromatic heterocycles. The molecule has 2 rings (SSSR count). The summed E-state index contributed by atoms with van der Waals surface area (Å²) < 4.78 is 11.6. The number of nitrogens with zero attached hydrogens (tertiary/aromatic N) is 4. The summed E-state index contributed by atoms with van der Waals surface area (Å²) in [6.45, 7) is 7.38. The van der Waals surface area contributed by atoms with E-state index in [-0.39, 0.29) is 24.7 Å². The molecule has 27 heavy (non-hydrogen) atoms. The van der Waals surface area contributed by atoms with Crippen molar-refractivity contribution < 1.29 is 14.3 Å². The van der Waals surface area contributed by atoms with Gasteiger partial charge >= 0.3 is 6.09 Å². The number of carbonyl (C=O) groups excluding carboxylic acids is 1. The molecule has 1 fully saturated rings. The number of likely N-dealkylation sites (tertiary alicyclic amines) is 1. The van der Waals surface area contributed by atoms with Crippen LogP contribution in [0.5, 0.6) is 0 Å². The average molecular weight is 395 g/mol. The highest BCUT2D eigenvalue weighted by atomic mass is 35.5. The summed E-state index contributed by atoms with van der Waals surface area (Å²) in [5, 5.41) is 4.16. The number of amides is 1. The summed E-state index contributed by atoms with van der Waals surface area (Å²) in [7, 11) is 0. The lowest BCUT2D eigenvalue weighted by atomic mass is 9.88. The minimum absolute atomic E-state index is 0.107. The minimum Gasteiger partial charge on any atom is -0.444 e. The van der Waals surface area contributed by atoms with Crippen LogP contribution in [0.25, 0.3) is 10.4 Å². The molecule has 0 aliphatic carbocycles. The van der Waals surface area contributed by atoms with Gasteiger partial charge in [0.15, 0.2) is 0 Å². The zero-order chi connectivity index (χ0) is 19.9. The van der Waals surface area contributed by atoms with Crippen molar-refractivity contribution in [3.05, 3.63) is 45.3 Å². The molecular weight excluding hydrogens is 368 g/mol. The largest absolute Gasteiger partial charge is 0.444 e. The molecule has 1 amide bonds. The van der Waals surface area contributed by atoms with Gasteiger partial charge in [-0.3, -0.25) is 0 Å². The van der Waals surface area contributed by atoms with Crippen LogP contribution in [0, 0.1) is 5.92 Å².